The number of rotatable bonds is 9. The highest BCUT2D eigenvalue weighted by Crippen LogP contribution is 2.50. The predicted molar refractivity (Wildman–Crippen MR) is 117 cm³/mol. The van der Waals surface area contributed by atoms with Crippen LogP contribution in [0.3, 0.4) is 0 Å². The van der Waals surface area contributed by atoms with E-state index in [1.807, 2.05) is 18.2 Å². The Hall–Kier alpha value is -2.44. The second kappa shape index (κ2) is 8.36. The number of fused-ring (bicyclic) bond motifs is 3. The molecule has 1 aromatic carbocycles. The van der Waals surface area contributed by atoms with Crippen molar-refractivity contribution in [1.82, 2.24) is 20.3 Å². The number of nitrogens with one attached hydrogen (secondary N) is 2. The maximum atomic E-state index is 11.2. The van der Waals surface area contributed by atoms with Crippen LogP contribution in [-0.4, -0.2) is 38.7 Å². The minimum atomic E-state index is -0.597. The Bertz CT molecular complexity index is 976. The van der Waals surface area contributed by atoms with Crippen LogP contribution >= 0.6 is 0 Å². The first-order valence-electron chi connectivity index (χ1n) is 11.2. The molecule has 0 unspecified atom stereocenters. The molecule has 6 nitrogen and oxygen atoms in total. The van der Waals surface area contributed by atoms with Crippen LogP contribution in [0.15, 0.2) is 47.2 Å². The number of aromatic nitrogens is 3. The summed E-state index contributed by atoms with van der Waals surface area (Å²) in [7, 11) is 0. The van der Waals surface area contributed by atoms with Crippen molar-refractivity contribution in [2.45, 2.75) is 50.5 Å². The number of aryl methyl sites for hydroxylation is 1. The molecule has 2 bridgehead atoms. The molecule has 158 valence electrons. The van der Waals surface area contributed by atoms with Gasteiger partial charge in [0.15, 0.2) is 0 Å². The smallest absolute Gasteiger partial charge is 0.221 e. The molecule has 0 amide bonds. The lowest BCUT2D eigenvalue weighted by Crippen LogP contribution is -2.47. The number of para-hydroxylation sites is 2. The Labute approximate surface area is 176 Å². The summed E-state index contributed by atoms with van der Waals surface area (Å²) in [5.41, 5.74) is 2.75. The first-order valence-corrected chi connectivity index (χ1v) is 11.2. The normalized spacial score (nSPS) is 25.7. The SMILES string of the molecule is O[C@]1(CCNCCCCc2nc3ccccc3[nH]2)C[C@@H]2CC[C@H]1C=C2c1ncco1. The van der Waals surface area contributed by atoms with E-state index in [0.29, 0.717) is 5.92 Å². The van der Waals surface area contributed by atoms with E-state index in [9.17, 15) is 5.11 Å². The Kier molecular flexibility index (Phi) is 5.44. The lowest BCUT2D eigenvalue weighted by molar-refractivity contribution is -0.0528. The molecule has 30 heavy (non-hydrogen) atoms. The summed E-state index contributed by atoms with van der Waals surface area (Å²) >= 11 is 0. The van der Waals surface area contributed by atoms with Crippen LogP contribution in [0.5, 0.6) is 0 Å². The fourth-order valence-corrected chi connectivity index (χ4v) is 5.18. The van der Waals surface area contributed by atoms with Crippen LogP contribution in [0, 0.1) is 11.8 Å². The number of aromatic amines is 1. The zero-order valence-corrected chi connectivity index (χ0v) is 17.3. The van der Waals surface area contributed by atoms with E-state index in [1.165, 1.54) is 5.57 Å². The van der Waals surface area contributed by atoms with E-state index < -0.39 is 5.60 Å². The van der Waals surface area contributed by atoms with Gasteiger partial charge in [0.1, 0.15) is 12.1 Å². The van der Waals surface area contributed by atoms with Crippen molar-refractivity contribution in [3.8, 4) is 0 Å². The van der Waals surface area contributed by atoms with Crippen molar-refractivity contribution < 1.29 is 9.52 Å². The van der Waals surface area contributed by atoms with Gasteiger partial charge >= 0.3 is 0 Å². The number of hydrogen-bond donors (Lipinski definition) is 3. The van der Waals surface area contributed by atoms with Crippen LogP contribution in [-0.2, 0) is 6.42 Å². The van der Waals surface area contributed by atoms with Gasteiger partial charge < -0.3 is 19.8 Å². The van der Waals surface area contributed by atoms with Crippen LogP contribution in [0.4, 0.5) is 0 Å². The number of allylic oxidation sites excluding steroid dienone is 1. The fourth-order valence-electron chi connectivity index (χ4n) is 5.18. The minimum absolute atomic E-state index is 0.208. The monoisotopic (exact) mass is 406 g/mol. The van der Waals surface area contributed by atoms with Gasteiger partial charge in [0.25, 0.3) is 0 Å². The third-order valence-corrected chi connectivity index (χ3v) is 6.81. The molecule has 3 aliphatic carbocycles. The number of imidazole rings is 1. The molecule has 1 fully saturated rings. The van der Waals surface area contributed by atoms with E-state index in [1.54, 1.807) is 12.5 Å². The zero-order valence-electron chi connectivity index (χ0n) is 17.3. The fraction of sp³-hybridized carbons (Fsp3) is 0.500. The van der Waals surface area contributed by atoms with E-state index in [2.05, 4.69) is 32.4 Å². The Morgan fingerprint density at radius 2 is 2.13 bits per heavy atom. The molecule has 3 aliphatic rings. The average molecular weight is 407 g/mol. The van der Waals surface area contributed by atoms with Gasteiger partial charge in [-0.25, -0.2) is 9.97 Å². The van der Waals surface area contributed by atoms with Crippen LogP contribution in [0.1, 0.15) is 50.2 Å². The third kappa shape index (κ3) is 3.94. The second-order valence-corrected chi connectivity index (χ2v) is 8.81. The molecule has 3 N–H and O–H groups in total. The first-order chi connectivity index (χ1) is 14.7. The van der Waals surface area contributed by atoms with Gasteiger partial charge in [-0.2, -0.15) is 0 Å². The molecule has 1 saturated carbocycles. The maximum Gasteiger partial charge on any atom is 0.221 e. The van der Waals surface area contributed by atoms with Gasteiger partial charge in [-0.3, -0.25) is 0 Å². The quantitative estimate of drug-likeness (QED) is 0.466. The third-order valence-electron chi connectivity index (χ3n) is 6.81. The molecular formula is C24H30N4O2. The number of hydrogen-bond acceptors (Lipinski definition) is 5. The molecule has 3 aromatic rings. The number of aliphatic hydroxyl groups is 1. The Morgan fingerprint density at radius 1 is 1.20 bits per heavy atom. The lowest BCUT2D eigenvalue weighted by atomic mass is 9.62. The number of nitrogens with zero attached hydrogens (tertiary/aromatic N) is 2. The highest BCUT2D eigenvalue weighted by molar-refractivity contribution is 5.74. The highest BCUT2D eigenvalue weighted by Gasteiger charge is 2.46. The summed E-state index contributed by atoms with van der Waals surface area (Å²) in [6, 6.07) is 8.17. The number of oxazole rings is 1. The summed E-state index contributed by atoms with van der Waals surface area (Å²) in [6.07, 6.45) is 12.5. The van der Waals surface area contributed by atoms with Crippen molar-refractivity contribution in [3.63, 3.8) is 0 Å². The largest absolute Gasteiger partial charge is 0.445 e. The van der Waals surface area contributed by atoms with Crippen molar-refractivity contribution >= 4 is 16.6 Å². The second-order valence-electron chi connectivity index (χ2n) is 8.81. The van der Waals surface area contributed by atoms with E-state index >= 15 is 0 Å². The molecule has 0 radical (unpaired) electrons. The number of unbranched alkanes of at least 4 members (excludes halogenated alkanes) is 1. The maximum absolute atomic E-state index is 11.2. The van der Waals surface area contributed by atoms with Crippen molar-refractivity contribution in [2.75, 3.05) is 13.1 Å². The highest BCUT2D eigenvalue weighted by atomic mass is 16.3. The van der Waals surface area contributed by atoms with Gasteiger partial charge in [0.2, 0.25) is 5.89 Å². The van der Waals surface area contributed by atoms with Crippen LogP contribution in [0.25, 0.3) is 16.6 Å². The van der Waals surface area contributed by atoms with Crippen molar-refractivity contribution in [3.05, 3.63) is 54.5 Å². The van der Waals surface area contributed by atoms with Crippen LogP contribution in [0.2, 0.25) is 0 Å². The first kappa shape index (κ1) is 19.5. The zero-order chi connectivity index (χ0) is 20.4. The average Bonchev–Trinajstić information content (AvgIpc) is 3.43. The predicted octanol–water partition coefficient (Wildman–Crippen LogP) is 4.10. The van der Waals surface area contributed by atoms with E-state index in [-0.39, 0.29) is 5.92 Å². The van der Waals surface area contributed by atoms with Gasteiger partial charge in [-0.05, 0) is 69.7 Å². The minimum Gasteiger partial charge on any atom is -0.445 e. The summed E-state index contributed by atoms with van der Waals surface area (Å²) in [5, 5.41) is 14.8. The van der Waals surface area contributed by atoms with Crippen molar-refractivity contribution in [2.24, 2.45) is 11.8 Å². The van der Waals surface area contributed by atoms with Gasteiger partial charge in [0.05, 0.1) is 22.8 Å². The standard InChI is InChI=1S/C24H30N4O2/c29-24(16-17-8-9-18(24)15-19(17)23-26-13-14-30-23)10-12-25-11-4-3-7-22-27-20-5-1-2-6-21(20)28-22/h1-2,5-6,13-15,17-18,25,29H,3-4,7-12,16H2,(H,27,28)/t17-,18-,24+/m0/s1. The molecular weight excluding hydrogens is 376 g/mol. The van der Waals surface area contributed by atoms with Gasteiger partial charge in [-0.15, -0.1) is 0 Å². The molecule has 0 saturated heterocycles. The van der Waals surface area contributed by atoms with Gasteiger partial charge in [-0.1, -0.05) is 18.2 Å². The topological polar surface area (TPSA) is 87.0 Å². The Balaban J connectivity index is 1.04. The molecule has 6 rings (SSSR count). The summed E-state index contributed by atoms with van der Waals surface area (Å²) in [4.78, 5) is 12.3. The van der Waals surface area contributed by atoms with E-state index in [0.717, 1.165) is 80.8 Å². The molecule has 0 spiro atoms. The molecule has 2 aromatic heterocycles. The summed E-state index contributed by atoms with van der Waals surface area (Å²) < 4.78 is 5.50. The molecule has 3 atom stereocenters. The summed E-state index contributed by atoms with van der Waals surface area (Å²) in [5.74, 6) is 2.37. The number of H-pyrrole nitrogens is 1. The van der Waals surface area contributed by atoms with Crippen molar-refractivity contribution in [1.29, 1.82) is 0 Å². The molecule has 0 aliphatic heterocycles. The van der Waals surface area contributed by atoms with E-state index in [4.69, 9.17) is 4.42 Å². The van der Waals surface area contributed by atoms with Crippen LogP contribution < -0.4 is 5.32 Å². The Morgan fingerprint density at radius 3 is 2.93 bits per heavy atom. The summed E-state index contributed by atoms with van der Waals surface area (Å²) in [6.45, 7) is 1.83. The lowest BCUT2D eigenvalue weighted by Gasteiger charge is -2.47. The van der Waals surface area contributed by atoms with Gasteiger partial charge in [0, 0.05) is 17.9 Å². The molecule has 2 heterocycles. The number of benzene rings is 1. The molecule has 6 heteroatoms.